The lowest BCUT2D eigenvalue weighted by Crippen LogP contribution is -2.12. The second-order valence-electron chi connectivity index (χ2n) is 2.62. The maximum atomic E-state index is 10.6. The Labute approximate surface area is 62.3 Å². The molecule has 0 saturated carbocycles. The predicted molar refractivity (Wildman–Crippen MR) is 42.7 cm³/mol. The first-order valence-electron chi connectivity index (χ1n) is 3.47. The zero-order chi connectivity index (χ0) is 8.15. The summed E-state index contributed by atoms with van der Waals surface area (Å²) in [6.07, 6.45) is 1.63. The van der Waals surface area contributed by atoms with Crippen molar-refractivity contribution in [3.05, 3.63) is 11.8 Å². The normalized spacial score (nSPS) is 11.9. The molecule has 0 unspecified atom stereocenters. The first kappa shape index (κ1) is 9.21. The molecule has 0 aromatic carbocycles. The van der Waals surface area contributed by atoms with E-state index in [1.807, 2.05) is 20.9 Å². The SMILES string of the molecule is CN/C(=C\C(C)=O)C(C)C. The molecule has 0 fully saturated rings. The summed E-state index contributed by atoms with van der Waals surface area (Å²) in [5.41, 5.74) is 0.993. The van der Waals surface area contributed by atoms with Crippen LogP contribution in [0.4, 0.5) is 0 Å². The van der Waals surface area contributed by atoms with Crippen LogP contribution in [-0.4, -0.2) is 12.8 Å². The number of rotatable bonds is 3. The van der Waals surface area contributed by atoms with Gasteiger partial charge in [0, 0.05) is 12.7 Å². The van der Waals surface area contributed by atoms with E-state index in [0.29, 0.717) is 5.92 Å². The molecule has 2 heteroatoms. The molecule has 0 aromatic rings. The van der Waals surface area contributed by atoms with Crippen molar-refractivity contribution in [2.45, 2.75) is 20.8 Å². The van der Waals surface area contributed by atoms with Gasteiger partial charge in [-0.1, -0.05) is 13.8 Å². The van der Waals surface area contributed by atoms with Gasteiger partial charge in [0.05, 0.1) is 0 Å². The fourth-order valence-electron chi connectivity index (χ4n) is 0.746. The lowest BCUT2D eigenvalue weighted by Gasteiger charge is -2.08. The largest absolute Gasteiger partial charge is 0.391 e. The highest BCUT2D eigenvalue weighted by Gasteiger charge is 1.99. The van der Waals surface area contributed by atoms with Gasteiger partial charge in [-0.3, -0.25) is 4.79 Å². The molecular formula is C8H15NO. The van der Waals surface area contributed by atoms with Crippen LogP contribution in [0, 0.1) is 5.92 Å². The molecule has 0 aliphatic carbocycles. The van der Waals surface area contributed by atoms with Gasteiger partial charge in [0.15, 0.2) is 5.78 Å². The average Bonchev–Trinajstić information content (AvgIpc) is 1.81. The summed E-state index contributed by atoms with van der Waals surface area (Å²) in [6, 6.07) is 0. The summed E-state index contributed by atoms with van der Waals surface area (Å²) in [5, 5.41) is 2.97. The van der Waals surface area contributed by atoms with E-state index in [1.54, 1.807) is 13.0 Å². The maximum absolute atomic E-state index is 10.6. The number of hydrogen-bond acceptors (Lipinski definition) is 2. The van der Waals surface area contributed by atoms with Gasteiger partial charge in [0.1, 0.15) is 0 Å². The molecule has 0 bridgehead atoms. The molecule has 0 aliphatic rings. The first-order chi connectivity index (χ1) is 4.57. The zero-order valence-electron chi connectivity index (χ0n) is 7.06. The molecule has 10 heavy (non-hydrogen) atoms. The minimum Gasteiger partial charge on any atom is -0.391 e. The average molecular weight is 141 g/mol. The van der Waals surface area contributed by atoms with Gasteiger partial charge >= 0.3 is 0 Å². The number of allylic oxidation sites excluding steroid dienone is 2. The van der Waals surface area contributed by atoms with Crippen molar-refractivity contribution in [1.82, 2.24) is 5.32 Å². The van der Waals surface area contributed by atoms with Crippen LogP contribution in [0.2, 0.25) is 0 Å². The Morgan fingerprint density at radius 2 is 2.00 bits per heavy atom. The highest BCUT2D eigenvalue weighted by molar-refractivity contribution is 5.87. The quantitative estimate of drug-likeness (QED) is 0.601. The molecule has 0 rings (SSSR count). The van der Waals surface area contributed by atoms with Gasteiger partial charge in [0.25, 0.3) is 0 Å². The monoisotopic (exact) mass is 141 g/mol. The van der Waals surface area contributed by atoms with Crippen molar-refractivity contribution in [1.29, 1.82) is 0 Å². The van der Waals surface area contributed by atoms with Crippen LogP contribution in [0.1, 0.15) is 20.8 Å². The van der Waals surface area contributed by atoms with Gasteiger partial charge in [-0.05, 0) is 18.9 Å². The van der Waals surface area contributed by atoms with Crippen molar-refractivity contribution in [3.8, 4) is 0 Å². The minimum absolute atomic E-state index is 0.0954. The molecule has 2 nitrogen and oxygen atoms in total. The number of carbonyl (C=O) groups is 1. The molecule has 0 atom stereocenters. The Kier molecular flexibility index (Phi) is 3.77. The van der Waals surface area contributed by atoms with E-state index in [4.69, 9.17) is 0 Å². The van der Waals surface area contributed by atoms with E-state index in [9.17, 15) is 4.79 Å². The molecule has 0 amide bonds. The van der Waals surface area contributed by atoms with Crippen molar-refractivity contribution in [2.75, 3.05) is 7.05 Å². The number of ketones is 1. The van der Waals surface area contributed by atoms with E-state index in [-0.39, 0.29) is 5.78 Å². The van der Waals surface area contributed by atoms with Crippen molar-refractivity contribution >= 4 is 5.78 Å². The van der Waals surface area contributed by atoms with Crippen molar-refractivity contribution in [2.24, 2.45) is 5.92 Å². The number of hydrogen-bond donors (Lipinski definition) is 1. The van der Waals surface area contributed by atoms with Crippen molar-refractivity contribution < 1.29 is 4.79 Å². The summed E-state index contributed by atoms with van der Waals surface area (Å²) in [6.45, 7) is 5.65. The van der Waals surface area contributed by atoms with Gasteiger partial charge in [-0.15, -0.1) is 0 Å². The summed E-state index contributed by atoms with van der Waals surface area (Å²) in [5.74, 6) is 0.493. The molecule has 0 aliphatic heterocycles. The van der Waals surface area contributed by atoms with Crippen LogP contribution < -0.4 is 5.32 Å². The summed E-state index contributed by atoms with van der Waals surface area (Å²) < 4.78 is 0. The Hall–Kier alpha value is -0.790. The van der Waals surface area contributed by atoms with Gasteiger partial charge in [0.2, 0.25) is 0 Å². The molecule has 0 spiro atoms. The summed E-state index contributed by atoms with van der Waals surface area (Å²) >= 11 is 0. The molecule has 0 heterocycles. The zero-order valence-corrected chi connectivity index (χ0v) is 7.06. The third-order valence-corrected chi connectivity index (χ3v) is 1.27. The van der Waals surface area contributed by atoms with Crippen LogP contribution in [-0.2, 0) is 4.79 Å². The van der Waals surface area contributed by atoms with Crippen LogP contribution in [0.3, 0.4) is 0 Å². The second-order valence-corrected chi connectivity index (χ2v) is 2.62. The first-order valence-corrected chi connectivity index (χ1v) is 3.47. The van der Waals surface area contributed by atoms with Gasteiger partial charge in [-0.2, -0.15) is 0 Å². The lowest BCUT2D eigenvalue weighted by molar-refractivity contribution is -0.112. The fourth-order valence-corrected chi connectivity index (χ4v) is 0.746. The van der Waals surface area contributed by atoms with E-state index in [2.05, 4.69) is 5.32 Å². The van der Waals surface area contributed by atoms with E-state index in [0.717, 1.165) is 5.70 Å². The molecule has 0 radical (unpaired) electrons. The highest BCUT2D eigenvalue weighted by atomic mass is 16.1. The van der Waals surface area contributed by atoms with Crippen LogP contribution in [0.5, 0.6) is 0 Å². The van der Waals surface area contributed by atoms with E-state index < -0.39 is 0 Å². The molecule has 58 valence electrons. The minimum atomic E-state index is 0.0954. The Bertz CT molecular complexity index is 147. The molecule has 0 aromatic heterocycles. The smallest absolute Gasteiger partial charge is 0.154 e. The van der Waals surface area contributed by atoms with Crippen molar-refractivity contribution in [3.63, 3.8) is 0 Å². The molecule has 0 saturated heterocycles. The molecular weight excluding hydrogens is 126 g/mol. The van der Waals surface area contributed by atoms with Gasteiger partial charge < -0.3 is 5.32 Å². The Morgan fingerprint density at radius 3 is 2.10 bits per heavy atom. The predicted octanol–water partition coefficient (Wildman–Crippen LogP) is 1.33. The van der Waals surface area contributed by atoms with Crippen LogP contribution in [0.15, 0.2) is 11.8 Å². The van der Waals surface area contributed by atoms with Crippen LogP contribution >= 0.6 is 0 Å². The Balaban J connectivity index is 4.18. The maximum Gasteiger partial charge on any atom is 0.154 e. The second kappa shape index (κ2) is 4.09. The van der Waals surface area contributed by atoms with Crippen LogP contribution in [0.25, 0.3) is 0 Å². The number of carbonyl (C=O) groups excluding carboxylic acids is 1. The third kappa shape index (κ3) is 3.28. The van der Waals surface area contributed by atoms with E-state index in [1.165, 1.54) is 0 Å². The van der Waals surface area contributed by atoms with E-state index >= 15 is 0 Å². The third-order valence-electron chi connectivity index (χ3n) is 1.27. The Morgan fingerprint density at radius 1 is 1.50 bits per heavy atom. The number of nitrogens with one attached hydrogen (secondary N) is 1. The summed E-state index contributed by atoms with van der Waals surface area (Å²) in [4.78, 5) is 10.6. The topological polar surface area (TPSA) is 29.1 Å². The standard InChI is InChI=1S/C8H15NO/c1-6(2)8(9-4)5-7(3)10/h5-6,9H,1-4H3/b8-5-. The van der Waals surface area contributed by atoms with Gasteiger partial charge in [-0.25, -0.2) is 0 Å². The highest BCUT2D eigenvalue weighted by Crippen LogP contribution is 2.03. The fraction of sp³-hybridized carbons (Fsp3) is 0.625. The molecule has 1 N–H and O–H groups in total. The lowest BCUT2D eigenvalue weighted by atomic mass is 10.1. The summed E-state index contributed by atoms with van der Waals surface area (Å²) in [7, 11) is 1.83.